The van der Waals surface area contributed by atoms with Crippen LogP contribution in [0.15, 0.2) is 0 Å². The predicted molar refractivity (Wildman–Crippen MR) is 43.8 cm³/mol. The molecular formula is CH13AlCaMgO5. The Hall–Kier alpha value is 1.75. The van der Waals surface area contributed by atoms with Gasteiger partial charge in [0.05, 0.1) is 0 Å². The summed E-state index contributed by atoms with van der Waals surface area (Å²) in [4.78, 5) is 8.56. The van der Waals surface area contributed by atoms with Crippen LogP contribution >= 0.6 is 0 Å². The van der Waals surface area contributed by atoms with Gasteiger partial charge in [0.15, 0.2) is 17.4 Å². The van der Waals surface area contributed by atoms with Crippen molar-refractivity contribution in [1.29, 1.82) is 0 Å². The number of carboxylic acid groups (broad SMARTS) is 2. The molecule has 0 unspecified atom stereocenters. The van der Waals surface area contributed by atoms with Crippen LogP contribution in [-0.4, -0.2) is 105 Å². The fourth-order valence-electron chi connectivity index (χ4n) is 0. The molecule has 0 saturated carbocycles. The molecule has 8 heteroatoms. The second-order valence-corrected chi connectivity index (χ2v) is 0.283. The fraction of sp³-hybridized carbons (Fsp3) is 0. The molecule has 0 radical (unpaired) electrons. The normalized spacial score (nSPS) is 2.67. The topological polar surface area (TPSA) is 121 Å². The summed E-state index contributed by atoms with van der Waals surface area (Å²) in [6, 6.07) is 0. The van der Waals surface area contributed by atoms with E-state index < -0.39 is 6.16 Å². The van der Waals surface area contributed by atoms with Crippen molar-refractivity contribution in [3.8, 4) is 0 Å². The summed E-state index contributed by atoms with van der Waals surface area (Å²) in [5.41, 5.74) is 0. The molecule has 0 spiro atoms. The first-order valence-corrected chi connectivity index (χ1v) is 0.651. The van der Waals surface area contributed by atoms with Gasteiger partial charge in [-0.1, -0.05) is 0 Å². The van der Waals surface area contributed by atoms with Crippen LogP contribution in [0.4, 0.5) is 4.79 Å². The monoisotopic (exact) mass is 196 g/mol. The average Bonchev–Trinajstić information content (AvgIpc) is 0.811. The van der Waals surface area contributed by atoms with E-state index in [-0.39, 0.29) is 94.8 Å². The number of rotatable bonds is 0. The Bertz CT molecular complexity index is 51.5. The Balaban J connectivity index is -0.00000000125. The quantitative estimate of drug-likeness (QED) is 0.404. The van der Waals surface area contributed by atoms with Crippen molar-refractivity contribution >= 4 is 84.3 Å². The maximum atomic E-state index is 8.56. The first kappa shape index (κ1) is 45.3. The first-order valence-electron chi connectivity index (χ1n) is 0.651. The number of hydrogen-bond acceptors (Lipinski definition) is 1. The van der Waals surface area contributed by atoms with Crippen LogP contribution in [0.5, 0.6) is 0 Å². The molecule has 0 saturated heterocycles. The molecule has 0 rings (SSSR count). The zero-order valence-corrected chi connectivity index (χ0v) is 7.84. The predicted octanol–water partition coefficient (Wildman–Crippen LogP) is -2.92. The Labute approximate surface area is 115 Å². The zero-order chi connectivity index (χ0) is 3.58. The van der Waals surface area contributed by atoms with Crippen molar-refractivity contribution in [2.75, 3.05) is 0 Å². The van der Waals surface area contributed by atoms with E-state index in [9.17, 15) is 0 Å². The van der Waals surface area contributed by atoms with Crippen molar-refractivity contribution in [3.05, 3.63) is 0 Å². The van der Waals surface area contributed by atoms with Crippen LogP contribution in [0.3, 0.4) is 0 Å². The van der Waals surface area contributed by atoms with Gasteiger partial charge in [0.1, 0.15) is 0 Å². The minimum Gasteiger partial charge on any atom is -1.00 e. The van der Waals surface area contributed by atoms with Gasteiger partial charge in [-0.15, -0.1) is 0 Å². The van der Waals surface area contributed by atoms with Gasteiger partial charge in [0.25, 0.3) is 0 Å². The maximum absolute atomic E-state index is 8.56. The third kappa shape index (κ3) is 191. The average molecular weight is 196 g/mol. The fourth-order valence-corrected chi connectivity index (χ4v) is 0. The Kier molecular flexibility index (Phi) is 167. The van der Waals surface area contributed by atoms with Gasteiger partial charge in [-0.25, -0.2) is 4.79 Å². The Morgan fingerprint density at radius 3 is 1.22 bits per heavy atom. The summed E-state index contributed by atoms with van der Waals surface area (Å²) in [5, 5.41) is 13.9. The Morgan fingerprint density at radius 2 is 1.22 bits per heavy atom. The van der Waals surface area contributed by atoms with Crippen molar-refractivity contribution in [1.82, 2.24) is 0 Å². The molecule has 0 bridgehead atoms. The van der Waals surface area contributed by atoms with E-state index in [0.717, 1.165) is 0 Å². The third-order valence-corrected chi connectivity index (χ3v) is 0. The van der Waals surface area contributed by atoms with E-state index in [1.54, 1.807) is 0 Å². The molecule has 0 aliphatic rings. The van der Waals surface area contributed by atoms with Gasteiger partial charge < -0.3 is 26.9 Å². The molecule has 6 N–H and O–H groups in total. The molecule has 0 aliphatic carbocycles. The van der Waals surface area contributed by atoms with E-state index in [1.165, 1.54) is 0 Å². The van der Waals surface area contributed by atoms with Gasteiger partial charge in [-0.3, -0.25) is 0 Å². The zero-order valence-electron chi connectivity index (χ0n) is 8.22. The van der Waals surface area contributed by atoms with Gasteiger partial charge in [-0.05, 0) is 0 Å². The van der Waals surface area contributed by atoms with E-state index in [0.29, 0.717) is 0 Å². The van der Waals surface area contributed by atoms with Crippen LogP contribution in [0.1, 0.15) is 5.71 Å². The van der Waals surface area contributed by atoms with Crippen molar-refractivity contribution in [2.45, 2.75) is 0 Å². The summed E-state index contributed by atoms with van der Waals surface area (Å²) < 4.78 is 0. The van der Waals surface area contributed by atoms with E-state index in [4.69, 9.17) is 15.0 Å². The molecule has 0 atom stereocenters. The second-order valence-electron chi connectivity index (χ2n) is 0.283. The number of carbonyl (C=O) groups is 1. The summed E-state index contributed by atoms with van der Waals surface area (Å²) in [6.45, 7) is 0. The SMILES string of the molecule is O.O.O=C(O)O.[AlH3].[Ca+2].[H-].[H-].[H-].[H-].[Mg+2]. The van der Waals surface area contributed by atoms with Crippen LogP contribution in [0, 0.1) is 0 Å². The molecule has 0 aromatic carbocycles. The summed E-state index contributed by atoms with van der Waals surface area (Å²) >= 11 is 0. The molecule has 5 nitrogen and oxygen atoms in total. The van der Waals surface area contributed by atoms with Crippen LogP contribution < -0.4 is 0 Å². The van der Waals surface area contributed by atoms with Crippen molar-refractivity contribution in [3.63, 3.8) is 0 Å². The Morgan fingerprint density at radius 1 is 1.22 bits per heavy atom. The summed E-state index contributed by atoms with van der Waals surface area (Å²) in [5.74, 6) is 0. The number of hydrogen-bond donors (Lipinski definition) is 2. The van der Waals surface area contributed by atoms with Crippen LogP contribution in [-0.2, 0) is 0 Å². The molecule has 0 aromatic rings. The standard InChI is InChI=1S/CH2O3.Al.Ca.Mg.2H2O.7H/c2-1(3)4;;;;;;;;;;;;/h(H2,2,3,4);;;;2*1H2;;;;;;;/q;;2*+2;;;;;;4*-1. The largest absolute Gasteiger partial charge is 2.00 e. The van der Waals surface area contributed by atoms with Crippen LogP contribution in [0.25, 0.3) is 0 Å². The third-order valence-electron chi connectivity index (χ3n) is 0. The van der Waals surface area contributed by atoms with Crippen LogP contribution in [0.2, 0.25) is 0 Å². The van der Waals surface area contributed by atoms with E-state index in [1.807, 2.05) is 0 Å². The molecular weight excluding hydrogens is 183 g/mol. The first-order chi connectivity index (χ1) is 1.73. The molecule has 0 heterocycles. The van der Waals surface area contributed by atoms with Crippen molar-refractivity contribution in [2.24, 2.45) is 0 Å². The van der Waals surface area contributed by atoms with Gasteiger partial charge in [0.2, 0.25) is 0 Å². The summed E-state index contributed by atoms with van der Waals surface area (Å²) in [6.07, 6.45) is -1.83. The maximum Gasteiger partial charge on any atom is 2.00 e. The molecule has 0 amide bonds. The summed E-state index contributed by atoms with van der Waals surface area (Å²) in [7, 11) is 0. The minimum atomic E-state index is -1.83. The van der Waals surface area contributed by atoms with E-state index in [2.05, 4.69) is 0 Å². The molecule has 0 fully saturated rings. The second kappa shape index (κ2) is 33.1. The van der Waals surface area contributed by atoms with Gasteiger partial charge in [-0.2, -0.15) is 0 Å². The molecule has 9 heavy (non-hydrogen) atoms. The van der Waals surface area contributed by atoms with Gasteiger partial charge in [0, 0.05) is 0 Å². The molecule has 54 valence electrons. The minimum absolute atomic E-state index is 0. The smallest absolute Gasteiger partial charge is 1.00 e. The molecule has 0 aliphatic heterocycles. The van der Waals surface area contributed by atoms with Gasteiger partial charge >= 0.3 is 66.9 Å². The van der Waals surface area contributed by atoms with E-state index >= 15 is 0 Å². The molecule has 0 aromatic heterocycles. The van der Waals surface area contributed by atoms with Crippen molar-refractivity contribution < 1.29 is 31.7 Å².